The Morgan fingerprint density at radius 3 is 2.69 bits per heavy atom. The van der Waals surface area contributed by atoms with Gasteiger partial charge in [0.25, 0.3) is 11.6 Å². The van der Waals surface area contributed by atoms with E-state index in [9.17, 15) is 29.3 Å². The first kappa shape index (κ1) is 22.9. The quantitative estimate of drug-likeness (QED) is 0.311. The van der Waals surface area contributed by atoms with Crippen molar-refractivity contribution in [1.82, 2.24) is 0 Å². The summed E-state index contributed by atoms with van der Waals surface area (Å²) in [4.78, 5) is 64.1. The van der Waals surface area contributed by atoms with Gasteiger partial charge in [0.1, 0.15) is 17.9 Å². The van der Waals surface area contributed by atoms with Crippen LogP contribution in [0.2, 0.25) is 5.02 Å². The molecule has 2 aromatic carbocycles. The molecule has 12 heteroatoms. The number of hydrogen-bond donors (Lipinski definition) is 3. The van der Waals surface area contributed by atoms with Crippen molar-refractivity contribution in [2.45, 2.75) is 31.3 Å². The lowest BCUT2D eigenvalue weighted by molar-refractivity contribution is -0.733. The van der Waals surface area contributed by atoms with Crippen LogP contribution in [0.1, 0.15) is 24.0 Å². The molecule has 3 aliphatic heterocycles. The zero-order valence-electron chi connectivity index (χ0n) is 18.5. The molecule has 0 bridgehead atoms. The van der Waals surface area contributed by atoms with Crippen molar-refractivity contribution in [3.63, 3.8) is 0 Å². The van der Waals surface area contributed by atoms with Crippen LogP contribution in [0, 0.1) is 28.9 Å². The highest BCUT2D eigenvalue weighted by Gasteiger charge is 2.74. The summed E-state index contributed by atoms with van der Waals surface area (Å²) >= 11 is 6.26. The molecule has 0 aliphatic carbocycles. The fourth-order valence-electron chi connectivity index (χ4n) is 5.72. The minimum absolute atomic E-state index is 0.0349. The van der Waals surface area contributed by atoms with Gasteiger partial charge >= 0.3 is 0 Å². The maximum absolute atomic E-state index is 13.8. The van der Waals surface area contributed by atoms with Gasteiger partial charge in [-0.15, -0.1) is 0 Å². The average molecular weight is 499 g/mol. The lowest BCUT2D eigenvalue weighted by atomic mass is 9.76. The summed E-state index contributed by atoms with van der Waals surface area (Å²) < 4.78 is 0. The van der Waals surface area contributed by atoms with Gasteiger partial charge in [0.05, 0.1) is 16.3 Å². The van der Waals surface area contributed by atoms with Crippen LogP contribution >= 0.6 is 11.6 Å². The number of benzene rings is 2. The number of primary amides is 1. The number of halogens is 1. The van der Waals surface area contributed by atoms with Gasteiger partial charge in [0.15, 0.2) is 0 Å². The van der Waals surface area contributed by atoms with Crippen LogP contribution in [0.5, 0.6) is 0 Å². The molecular weight excluding hydrogens is 478 g/mol. The third kappa shape index (κ3) is 3.15. The van der Waals surface area contributed by atoms with Gasteiger partial charge in [-0.2, -0.15) is 0 Å². The van der Waals surface area contributed by atoms with E-state index in [1.807, 2.05) is 0 Å². The van der Waals surface area contributed by atoms with Crippen LogP contribution in [0.3, 0.4) is 0 Å². The number of rotatable bonds is 5. The smallest absolute Gasteiger partial charge is 0.291 e. The maximum Gasteiger partial charge on any atom is 0.291 e. The minimum atomic E-state index is -1.46. The van der Waals surface area contributed by atoms with Crippen LogP contribution in [0.4, 0.5) is 17.1 Å². The predicted octanol–water partition coefficient (Wildman–Crippen LogP) is 0.721. The summed E-state index contributed by atoms with van der Waals surface area (Å²) in [5.41, 5.74) is 5.31. The molecule has 35 heavy (non-hydrogen) atoms. The highest BCUT2D eigenvalue weighted by molar-refractivity contribution is 6.32. The van der Waals surface area contributed by atoms with Crippen LogP contribution in [0.25, 0.3) is 0 Å². The molecule has 11 nitrogen and oxygen atoms in total. The van der Waals surface area contributed by atoms with Crippen LogP contribution in [-0.4, -0.2) is 34.6 Å². The number of quaternary nitrogens is 1. The van der Waals surface area contributed by atoms with E-state index in [-0.39, 0.29) is 24.2 Å². The Morgan fingerprint density at radius 2 is 2.00 bits per heavy atom. The van der Waals surface area contributed by atoms with E-state index < -0.39 is 52.0 Å². The molecule has 1 spiro atoms. The molecule has 0 radical (unpaired) electrons. The minimum Gasteiger partial charge on any atom is -0.370 e. The van der Waals surface area contributed by atoms with Crippen LogP contribution in [-0.2, 0) is 24.7 Å². The molecule has 5 N–H and O–H groups in total. The maximum atomic E-state index is 13.8. The van der Waals surface area contributed by atoms with Crippen LogP contribution in [0.15, 0.2) is 36.4 Å². The summed E-state index contributed by atoms with van der Waals surface area (Å²) in [6, 6.07) is 7.94. The molecule has 2 fully saturated rings. The van der Waals surface area contributed by atoms with E-state index in [4.69, 9.17) is 17.3 Å². The summed E-state index contributed by atoms with van der Waals surface area (Å²) in [5, 5.41) is 16.2. The van der Waals surface area contributed by atoms with Crippen molar-refractivity contribution in [3.05, 3.63) is 62.7 Å². The number of nitrogens with two attached hydrogens (primary N) is 2. The Balaban J connectivity index is 1.66. The molecular formula is C23H21ClN5O6+. The average Bonchev–Trinajstić information content (AvgIpc) is 3.40. The number of nitro groups is 1. The molecule has 0 aromatic heterocycles. The molecule has 4 atom stereocenters. The lowest BCUT2D eigenvalue weighted by Gasteiger charge is -2.26. The number of hydrogen-bond acceptors (Lipinski definition) is 6. The third-order valence-electron chi connectivity index (χ3n) is 7.26. The molecule has 0 unspecified atom stereocenters. The van der Waals surface area contributed by atoms with E-state index in [0.717, 1.165) is 11.0 Å². The Kier molecular flexibility index (Phi) is 5.15. The van der Waals surface area contributed by atoms with Gasteiger partial charge in [-0.05, 0) is 30.7 Å². The van der Waals surface area contributed by atoms with E-state index in [1.54, 1.807) is 24.4 Å². The van der Waals surface area contributed by atoms with Gasteiger partial charge in [-0.25, -0.2) is 4.90 Å². The van der Waals surface area contributed by atoms with Gasteiger partial charge in [-0.3, -0.25) is 29.3 Å². The first-order chi connectivity index (χ1) is 16.6. The van der Waals surface area contributed by atoms with E-state index in [0.29, 0.717) is 21.8 Å². The molecule has 5 rings (SSSR count). The van der Waals surface area contributed by atoms with Gasteiger partial charge in [0.2, 0.25) is 23.3 Å². The summed E-state index contributed by atoms with van der Waals surface area (Å²) in [6.07, 6.45) is 0.141. The summed E-state index contributed by atoms with van der Waals surface area (Å²) in [6.45, 7) is 1.74. The Bertz CT molecular complexity index is 1350. The largest absolute Gasteiger partial charge is 0.370 e. The van der Waals surface area contributed by atoms with Crippen molar-refractivity contribution in [2.24, 2.45) is 17.6 Å². The first-order valence-electron chi connectivity index (χ1n) is 11.0. The zero-order valence-corrected chi connectivity index (χ0v) is 19.2. The van der Waals surface area contributed by atoms with Crippen LogP contribution < -0.4 is 21.3 Å². The van der Waals surface area contributed by atoms with Gasteiger partial charge < -0.3 is 16.4 Å². The number of nitrogens with one attached hydrogen (secondary N) is 1. The zero-order chi connectivity index (χ0) is 25.2. The number of carbonyl (C=O) groups excluding carboxylic acids is 4. The fourth-order valence-corrected chi connectivity index (χ4v) is 5.88. The molecule has 2 saturated heterocycles. The van der Waals surface area contributed by atoms with E-state index in [2.05, 4.69) is 5.32 Å². The number of fused-ring (bicyclic) bond motifs is 4. The highest BCUT2D eigenvalue weighted by Crippen LogP contribution is 2.51. The molecule has 2 aromatic rings. The Hall–Kier alpha value is -3.83. The molecule has 3 heterocycles. The Labute approximate surface area is 203 Å². The second-order valence-corrected chi connectivity index (χ2v) is 9.45. The molecule has 4 amide bonds. The summed E-state index contributed by atoms with van der Waals surface area (Å²) in [7, 11) is 0. The van der Waals surface area contributed by atoms with Crippen molar-refractivity contribution in [3.8, 4) is 0 Å². The molecule has 3 aliphatic rings. The normalized spacial score (nSPS) is 26.7. The van der Waals surface area contributed by atoms with E-state index >= 15 is 0 Å². The number of carbonyl (C=O) groups is 4. The van der Waals surface area contributed by atoms with Crippen molar-refractivity contribution >= 4 is 52.3 Å². The number of nitrogens with zero attached hydrogens (tertiary/aromatic N) is 2. The monoisotopic (exact) mass is 498 g/mol. The van der Waals surface area contributed by atoms with Gasteiger partial charge in [0, 0.05) is 35.6 Å². The fraction of sp³-hybridized carbons (Fsp3) is 0.304. The number of nitro benzene ring substituents is 1. The van der Waals surface area contributed by atoms with Crippen molar-refractivity contribution in [2.75, 3.05) is 10.2 Å². The van der Waals surface area contributed by atoms with Gasteiger partial charge in [-0.1, -0.05) is 17.7 Å². The second kappa shape index (κ2) is 7.85. The number of amides is 4. The first-order valence-corrected chi connectivity index (χ1v) is 11.3. The number of imide groups is 1. The van der Waals surface area contributed by atoms with Crippen molar-refractivity contribution < 1.29 is 29.4 Å². The highest BCUT2D eigenvalue weighted by atomic mass is 35.5. The predicted molar refractivity (Wildman–Crippen MR) is 123 cm³/mol. The number of non-ortho nitro benzene ring substituents is 1. The third-order valence-corrected chi connectivity index (χ3v) is 7.67. The SMILES string of the molecule is Cc1c(Cl)ccc2c1NC(=O)[C@@]21[NH2+][C@H](CCC(N)=O)[C@H]2C(=O)N(c3cccc([N+](=O)[O-])c3)C(=O)[C@H]21. The standard InChI is InChI=1S/C23H20ClN5O6/c1-10-14(24)6-5-13-19(10)26-22(33)23(13)18-17(15(27-23)7-8-16(25)30)20(31)28(21(18)32)11-3-2-4-12(9-11)29(34)35/h2-6,9,15,17-18,27H,7-8H2,1H3,(H2,25,30)(H,26,33)/p+1/t15-,17-,18+,23-/m1/s1. The summed E-state index contributed by atoms with van der Waals surface area (Å²) in [5.74, 6) is -4.26. The lowest BCUT2D eigenvalue weighted by Crippen LogP contribution is -2.99. The van der Waals surface area contributed by atoms with Crippen molar-refractivity contribution in [1.29, 1.82) is 0 Å². The molecule has 0 saturated carbocycles. The Morgan fingerprint density at radius 1 is 1.26 bits per heavy atom. The van der Waals surface area contributed by atoms with E-state index in [1.165, 1.54) is 18.2 Å². The molecule has 180 valence electrons. The second-order valence-electron chi connectivity index (χ2n) is 9.05. The topological polar surface area (TPSA) is 169 Å². The number of anilines is 2.